The van der Waals surface area contributed by atoms with E-state index >= 15 is 0 Å². The van der Waals surface area contributed by atoms with Crippen molar-refractivity contribution in [2.75, 3.05) is 25.4 Å². The second-order valence-corrected chi connectivity index (χ2v) is 4.69. The van der Waals surface area contributed by atoms with E-state index < -0.39 is 0 Å². The van der Waals surface area contributed by atoms with Crippen LogP contribution in [0.1, 0.15) is 25.7 Å². The van der Waals surface area contributed by atoms with E-state index in [1.807, 2.05) is 12.1 Å². The minimum atomic E-state index is 0.150. The monoisotopic (exact) mass is 263 g/mol. The molecule has 5 nitrogen and oxygen atoms in total. The maximum absolute atomic E-state index is 9.08. The van der Waals surface area contributed by atoms with Gasteiger partial charge in [-0.05, 0) is 25.1 Å². The number of oxazole rings is 1. The highest BCUT2D eigenvalue weighted by Gasteiger charge is 2.11. The number of benzene rings is 1. The zero-order chi connectivity index (χ0) is 13.7. The van der Waals surface area contributed by atoms with Crippen molar-refractivity contribution in [3.8, 4) is 0 Å². The molecule has 2 rings (SSSR count). The Balaban J connectivity index is 2.09. The molecule has 0 fully saturated rings. The van der Waals surface area contributed by atoms with E-state index in [4.69, 9.17) is 15.3 Å². The molecule has 2 aromatic rings. The van der Waals surface area contributed by atoms with Crippen LogP contribution in [0.5, 0.6) is 0 Å². The zero-order valence-electron chi connectivity index (χ0n) is 11.3. The molecule has 0 spiro atoms. The smallest absolute Gasteiger partial charge is 0.209 e. The average Bonchev–Trinajstić information content (AvgIpc) is 2.77. The number of hydrogen-bond donors (Lipinski definition) is 2. The number of aliphatic hydroxyl groups is 1. The van der Waals surface area contributed by atoms with Crippen LogP contribution in [0, 0.1) is 0 Å². The summed E-state index contributed by atoms with van der Waals surface area (Å²) in [6.07, 6.45) is 2.24. The predicted molar refractivity (Wildman–Crippen MR) is 75.7 cm³/mol. The highest BCUT2D eigenvalue weighted by Crippen LogP contribution is 2.19. The first-order chi connectivity index (χ1) is 9.22. The molecule has 0 aliphatic carbocycles. The third-order valence-corrected chi connectivity index (χ3v) is 3.06. The van der Waals surface area contributed by atoms with Crippen molar-refractivity contribution in [2.24, 2.45) is 0 Å². The van der Waals surface area contributed by atoms with Gasteiger partial charge in [-0.2, -0.15) is 0 Å². The van der Waals surface area contributed by atoms with E-state index in [1.165, 1.54) is 0 Å². The fraction of sp³-hybridized carbons (Fsp3) is 0.500. The molecule has 0 radical (unpaired) electrons. The van der Waals surface area contributed by atoms with Crippen LogP contribution in [0.2, 0.25) is 0 Å². The van der Waals surface area contributed by atoms with Crippen molar-refractivity contribution in [1.29, 1.82) is 0 Å². The first-order valence-electron chi connectivity index (χ1n) is 6.71. The standard InChI is InChI=1S/C14H21N3O2/c1-2-3-6-17(7-8-18)10-14-16-12-5-4-11(15)9-13(12)19-14/h4-5,9,18H,2-3,6-8,10,15H2,1H3. The molecule has 0 aliphatic rings. The lowest BCUT2D eigenvalue weighted by Crippen LogP contribution is -2.27. The van der Waals surface area contributed by atoms with E-state index in [2.05, 4.69) is 16.8 Å². The average molecular weight is 263 g/mol. The van der Waals surface area contributed by atoms with Gasteiger partial charge in [-0.15, -0.1) is 0 Å². The summed E-state index contributed by atoms with van der Waals surface area (Å²) in [5.74, 6) is 0.671. The Morgan fingerprint density at radius 3 is 2.95 bits per heavy atom. The van der Waals surface area contributed by atoms with Gasteiger partial charge in [0.2, 0.25) is 5.89 Å². The van der Waals surface area contributed by atoms with Crippen molar-refractivity contribution in [3.63, 3.8) is 0 Å². The van der Waals surface area contributed by atoms with Gasteiger partial charge in [-0.1, -0.05) is 13.3 Å². The van der Waals surface area contributed by atoms with Gasteiger partial charge < -0.3 is 15.3 Å². The number of unbranched alkanes of at least 4 members (excludes halogenated alkanes) is 1. The summed E-state index contributed by atoms with van der Waals surface area (Å²) in [5, 5.41) is 9.08. The van der Waals surface area contributed by atoms with Crippen molar-refractivity contribution >= 4 is 16.8 Å². The summed E-state index contributed by atoms with van der Waals surface area (Å²) in [6.45, 7) is 4.50. The van der Waals surface area contributed by atoms with E-state index in [0.717, 1.165) is 30.5 Å². The number of nitrogen functional groups attached to an aromatic ring is 1. The first-order valence-corrected chi connectivity index (χ1v) is 6.71. The number of nitrogens with zero attached hydrogens (tertiary/aromatic N) is 2. The minimum absolute atomic E-state index is 0.150. The highest BCUT2D eigenvalue weighted by atomic mass is 16.3. The second kappa shape index (κ2) is 6.54. The Labute approximate surface area is 113 Å². The molecule has 0 unspecified atom stereocenters. The molecular formula is C14H21N3O2. The molecule has 0 bridgehead atoms. The van der Waals surface area contributed by atoms with Gasteiger partial charge in [0.25, 0.3) is 0 Å². The summed E-state index contributed by atoms with van der Waals surface area (Å²) in [6, 6.07) is 5.46. The molecule has 1 heterocycles. The van der Waals surface area contributed by atoms with Crippen LogP contribution in [0.4, 0.5) is 5.69 Å². The molecule has 3 N–H and O–H groups in total. The fourth-order valence-corrected chi connectivity index (χ4v) is 2.04. The minimum Gasteiger partial charge on any atom is -0.439 e. The Bertz CT molecular complexity index is 524. The summed E-state index contributed by atoms with van der Waals surface area (Å²) >= 11 is 0. The lowest BCUT2D eigenvalue weighted by atomic mass is 10.3. The number of aliphatic hydroxyl groups excluding tert-OH is 1. The maximum atomic E-state index is 9.08. The first kappa shape index (κ1) is 13.8. The third-order valence-electron chi connectivity index (χ3n) is 3.06. The highest BCUT2D eigenvalue weighted by molar-refractivity contribution is 5.76. The predicted octanol–water partition coefficient (Wildman–Crippen LogP) is 2.00. The van der Waals surface area contributed by atoms with E-state index in [9.17, 15) is 0 Å². The summed E-state index contributed by atoms with van der Waals surface area (Å²) < 4.78 is 5.69. The van der Waals surface area contributed by atoms with Crippen LogP contribution in [0.25, 0.3) is 11.1 Å². The van der Waals surface area contributed by atoms with Gasteiger partial charge in [0.05, 0.1) is 13.2 Å². The molecule has 104 valence electrons. The maximum Gasteiger partial charge on any atom is 0.209 e. The SMILES string of the molecule is CCCCN(CCO)Cc1nc2ccc(N)cc2o1. The molecule has 0 aliphatic heterocycles. The molecule has 0 amide bonds. The molecule has 0 atom stereocenters. The van der Waals surface area contributed by atoms with Crippen molar-refractivity contribution in [1.82, 2.24) is 9.88 Å². The van der Waals surface area contributed by atoms with Crippen LogP contribution >= 0.6 is 0 Å². The Morgan fingerprint density at radius 2 is 2.21 bits per heavy atom. The zero-order valence-corrected chi connectivity index (χ0v) is 11.3. The number of anilines is 1. The van der Waals surface area contributed by atoms with Crippen LogP contribution < -0.4 is 5.73 Å². The molecule has 5 heteroatoms. The van der Waals surface area contributed by atoms with Gasteiger partial charge in [-0.3, -0.25) is 4.90 Å². The second-order valence-electron chi connectivity index (χ2n) is 4.69. The lowest BCUT2D eigenvalue weighted by molar-refractivity contribution is 0.177. The number of rotatable bonds is 7. The topological polar surface area (TPSA) is 75.5 Å². The van der Waals surface area contributed by atoms with E-state index in [-0.39, 0.29) is 6.61 Å². The van der Waals surface area contributed by atoms with E-state index in [0.29, 0.717) is 24.7 Å². The number of hydrogen-bond acceptors (Lipinski definition) is 5. The van der Waals surface area contributed by atoms with Crippen LogP contribution in [-0.2, 0) is 6.54 Å². The number of aromatic nitrogens is 1. The van der Waals surface area contributed by atoms with Gasteiger partial charge in [0, 0.05) is 18.3 Å². The van der Waals surface area contributed by atoms with Crippen molar-refractivity contribution in [2.45, 2.75) is 26.3 Å². The third kappa shape index (κ3) is 3.68. The van der Waals surface area contributed by atoms with Gasteiger partial charge >= 0.3 is 0 Å². The van der Waals surface area contributed by atoms with Crippen LogP contribution in [0.15, 0.2) is 22.6 Å². The summed E-state index contributed by atoms with van der Waals surface area (Å²) in [7, 11) is 0. The van der Waals surface area contributed by atoms with Gasteiger partial charge in [-0.25, -0.2) is 4.98 Å². The summed E-state index contributed by atoms with van der Waals surface area (Å²) in [5.41, 5.74) is 7.93. The molecule has 0 saturated carbocycles. The molecule has 0 saturated heterocycles. The normalized spacial score (nSPS) is 11.5. The lowest BCUT2D eigenvalue weighted by Gasteiger charge is -2.18. The Hall–Kier alpha value is -1.59. The van der Waals surface area contributed by atoms with Crippen molar-refractivity contribution < 1.29 is 9.52 Å². The van der Waals surface area contributed by atoms with Crippen molar-refractivity contribution in [3.05, 3.63) is 24.1 Å². The molecule has 1 aromatic heterocycles. The van der Waals surface area contributed by atoms with Crippen LogP contribution in [-0.4, -0.2) is 34.7 Å². The molecular weight excluding hydrogens is 242 g/mol. The van der Waals surface area contributed by atoms with Crippen LogP contribution in [0.3, 0.4) is 0 Å². The number of nitrogens with two attached hydrogens (primary N) is 1. The Morgan fingerprint density at radius 1 is 1.37 bits per heavy atom. The molecule has 1 aromatic carbocycles. The van der Waals surface area contributed by atoms with Gasteiger partial charge in [0.1, 0.15) is 5.52 Å². The quantitative estimate of drug-likeness (QED) is 0.747. The van der Waals surface area contributed by atoms with E-state index in [1.54, 1.807) is 6.07 Å². The fourth-order valence-electron chi connectivity index (χ4n) is 2.04. The molecule has 19 heavy (non-hydrogen) atoms. The summed E-state index contributed by atoms with van der Waals surface area (Å²) in [4.78, 5) is 6.59. The number of fused-ring (bicyclic) bond motifs is 1. The van der Waals surface area contributed by atoms with Gasteiger partial charge in [0.15, 0.2) is 5.58 Å². The Kier molecular flexibility index (Phi) is 4.76. The largest absolute Gasteiger partial charge is 0.439 e.